The quantitative estimate of drug-likeness (QED) is 0.533. The van der Waals surface area contributed by atoms with Crippen molar-refractivity contribution in [3.8, 4) is 0 Å². The lowest BCUT2D eigenvalue weighted by Crippen LogP contribution is -2.30. The van der Waals surface area contributed by atoms with Crippen LogP contribution in [0.2, 0.25) is 0 Å². The van der Waals surface area contributed by atoms with Gasteiger partial charge in [-0.3, -0.25) is 0 Å². The number of sulfonamides is 1. The normalized spacial score (nSPS) is 16.2. The second-order valence-corrected chi connectivity index (χ2v) is 11.1. The van der Waals surface area contributed by atoms with E-state index in [9.17, 15) is 8.42 Å². The Balaban J connectivity index is 1.51. The summed E-state index contributed by atoms with van der Waals surface area (Å²) in [6.45, 7) is 2.41. The molecule has 1 fully saturated rings. The zero-order chi connectivity index (χ0) is 21.6. The summed E-state index contributed by atoms with van der Waals surface area (Å²) in [7, 11) is -3.37. The highest BCUT2D eigenvalue weighted by atomic mass is 32.2. The zero-order valence-corrected chi connectivity index (χ0v) is 19.1. The van der Waals surface area contributed by atoms with Crippen LogP contribution >= 0.6 is 11.8 Å². The molecule has 0 radical (unpaired) electrons. The fourth-order valence-electron chi connectivity index (χ4n) is 4.06. The van der Waals surface area contributed by atoms with Crippen LogP contribution in [0.5, 0.6) is 0 Å². The van der Waals surface area contributed by atoms with Crippen LogP contribution in [0, 0.1) is 0 Å². The van der Waals surface area contributed by atoms with Gasteiger partial charge in [0.25, 0.3) is 0 Å². The number of imidazole rings is 1. The molecule has 0 unspecified atom stereocenters. The number of hydrogen-bond donors (Lipinski definition) is 2. The Bertz CT molecular complexity index is 1250. The molecule has 3 N–H and O–H groups in total. The van der Waals surface area contributed by atoms with Crippen LogP contribution in [-0.4, -0.2) is 39.7 Å². The van der Waals surface area contributed by atoms with E-state index in [0.29, 0.717) is 22.1 Å². The Morgan fingerprint density at radius 2 is 2.00 bits per heavy atom. The van der Waals surface area contributed by atoms with Crippen LogP contribution in [0.1, 0.15) is 42.9 Å². The molecule has 2 aliphatic rings. The molecule has 0 amide bonds. The number of hydrogen-bond acceptors (Lipinski definition) is 7. The highest BCUT2D eigenvalue weighted by Gasteiger charge is 2.27. The molecule has 0 spiro atoms. The third kappa shape index (κ3) is 4.28. The number of nitrogens with zero attached hydrogens (tertiary/aromatic N) is 4. The number of benzene rings is 1. The second kappa shape index (κ2) is 8.07. The van der Waals surface area contributed by atoms with Crippen molar-refractivity contribution in [3.05, 3.63) is 35.2 Å². The molecule has 0 bridgehead atoms. The van der Waals surface area contributed by atoms with E-state index in [1.54, 1.807) is 11.8 Å². The maximum atomic E-state index is 12.5. The summed E-state index contributed by atoms with van der Waals surface area (Å²) >= 11 is 1.56. The van der Waals surface area contributed by atoms with Crippen LogP contribution < -0.4 is 10.5 Å². The Morgan fingerprint density at radius 3 is 2.74 bits per heavy atom. The molecule has 2 heterocycles. The van der Waals surface area contributed by atoms with Gasteiger partial charge in [-0.15, -0.1) is 0 Å². The van der Waals surface area contributed by atoms with E-state index in [1.807, 2.05) is 4.57 Å². The Morgan fingerprint density at radius 1 is 1.23 bits per heavy atom. The number of rotatable bonds is 8. The summed E-state index contributed by atoms with van der Waals surface area (Å²) in [6.07, 6.45) is 7.59. The topological polar surface area (TPSA) is 116 Å². The van der Waals surface area contributed by atoms with Crippen molar-refractivity contribution >= 4 is 38.8 Å². The molecule has 0 atom stereocenters. The third-order valence-electron chi connectivity index (χ3n) is 5.89. The third-order valence-corrected chi connectivity index (χ3v) is 8.40. The predicted octanol–water partition coefficient (Wildman–Crippen LogP) is 2.69. The van der Waals surface area contributed by atoms with E-state index in [-0.39, 0.29) is 18.3 Å². The number of anilines is 1. The van der Waals surface area contributed by atoms with E-state index in [0.717, 1.165) is 37.0 Å². The molecule has 5 rings (SSSR count). The van der Waals surface area contributed by atoms with Gasteiger partial charge in [-0.25, -0.2) is 28.1 Å². The first-order chi connectivity index (χ1) is 14.9. The van der Waals surface area contributed by atoms with Crippen molar-refractivity contribution in [1.82, 2.24) is 24.2 Å². The summed E-state index contributed by atoms with van der Waals surface area (Å²) in [6, 6.07) is 4.68. The first-order valence-corrected chi connectivity index (χ1v) is 13.2. The molecule has 31 heavy (non-hydrogen) atoms. The largest absolute Gasteiger partial charge is 0.382 e. The van der Waals surface area contributed by atoms with Crippen LogP contribution in [0.4, 0.5) is 5.82 Å². The minimum absolute atomic E-state index is 0.0305. The standard InChI is InChI=1S/C21H26N6O2S2/c1-2-13-10-14-4-3-5-15(14)11-17(13)30-21-25-18-19(22)23-12-24-20(18)27(21)8-9-31(28,29)26-16-6-7-16/h10-12,16,26H,2-9H2,1H3,(H2,22,23,24). The van der Waals surface area contributed by atoms with Crippen molar-refractivity contribution in [3.63, 3.8) is 0 Å². The van der Waals surface area contributed by atoms with Gasteiger partial charge in [-0.1, -0.05) is 24.8 Å². The minimum atomic E-state index is -3.37. The van der Waals surface area contributed by atoms with E-state index < -0.39 is 10.0 Å². The molecule has 2 aromatic heterocycles. The van der Waals surface area contributed by atoms with Gasteiger partial charge in [0, 0.05) is 17.5 Å². The predicted molar refractivity (Wildman–Crippen MR) is 122 cm³/mol. The van der Waals surface area contributed by atoms with Gasteiger partial charge >= 0.3 is 0 Å². The number of fused-ring (bicyclic) bond motifs is 2. The monoisotopic (exact) mass is 458 g/mol. The number of aryl methyl sites for hydroxylation is 4. The lowest BCUT2D eigenvalue weighted by Gasteiger charge is -2.13. The maximum absolute atomic E-state index is 12.5. The summed E-state index contributed by atoms with van der Waals surface area (Å²) in [5, 5.41) is 0.691. The number of nitrogens with two attached hydrogens (primary N) is 1. The van der Waals surface area contributed by atoms with Gasteiger partial charge in [0.1, 0.15) is 6.33 Å². The Kier molecular flexibility index (Phi) is 5.39. The highest BCUT2D eigenvalue weighted by molar-refractivity contribution is 7.99. The fraction of sp³-hybridized carbons (Fsp3) is 0.476. The molecule has 1 saturated carbocycles. The lowest BCUT2D eigenvalue weighted by molar-refractivity contribution is 0.571. The smallest absolute Gasteiger partial charge is 0.213 e. The van der Waals surface area contributed by atoms with E-state index in [1.165, 1.54) is 29.4 Å². The summed E-state index contributed by atoms with van der Waals surface area (Å²) in [5.41, 5.74) is 11.3. The molecular weight excluding hydrogens is 432 g/mol. The van der Waals surface area contributed by atoms with Crippen LogP contribution in [0.25, 0.3) is 11.2 Å². The van der Waals surface area contributed by atoms with Crippen molar-refractivity contribution in [2.45, 2.75) is 68.1 Å². The van der Waals surface area contributed by atoms with Gasteiger partial charge in [-0.2, -0.15) is 0 Å². The number of aromatic nitrogens is 4. The van der Waals surface area contributed by atoms with Crippen molar-refractivity contribution in [2.75, 3.05) is 11.5 Å². The first kappa shape index (κ1) is 20.7. The molecule has 8 nitrogen and oxygen atoms in total. The van der Waals surface area contributed by atoms with E-state index in [4.69, 9.17) is 10.7 Å². The molecule has 164 valence electrons. The second-order valence-electron chi connectivity index (χ2n) is 8.23. The molecular formula is C21H26N6O2S2. The Hall–Kier alpha value is -2.17. The fourth-order valence-corrected chi connectivity index (χ4v) is 6.50. The van der Waals surface area contributed by atoms with Crippen LogP contribution in [0.3, 0.4) is 0 Å². The number of nitrogen functional groups attached to an aromatic ring is 1. The highest BCUT2D eigenvalue weighted by Crippen LogP contribution is 2.36. The SMILES string of the molecule is CCc1cc2c(cc1Sc1nc3c(N)ncnc3n1CCS(=O)(=O)NC1CC1)CCC2. The minimum Gasteiger partial charge on any atom is -0.382 e. The zero-order valence-electron chi connectivity index (χ0n) is 17.5. The molecule has 3 aromatic rings. The summed E-state index contributed by atoms with van der Waals surface area (Å²) in [4.78, 5) is 14.3. The molecule has 0 aliphatic heterocycles. The van der Waals surface area contributed by atoms with Gasteiger partial charge in [0.05, 0.1) is 5.75 Å². The molecule has 0 saturated heterocycles. The molecule has 1 aromatic carbocycles. The van der Waals surface area contributed by atoms with Crippen LogP contribution in [0.15, 0.2) is 28.5 Å². The Labute approximate surface area is 186 Å². The molecule has 2 aliphatic carbocycles. The van der Waals surface area contributed by atoms with Gasteiger partial charge in [0.15, 0.2) is 22.1 Å². The van der Waals surface area contributed by atoms with Gasteiger partial charge < -0.3 is 10.3 Å². The summed E-state index contributed by atoms with van der Waals surface area (Å²) in [5.74, 6) is 0.270. The van der Waals surface area contributed by atoms with Crippen molar-refractivity contribution < 1.29 is 8.42 Å². The lowest BCUT2D eigenvalue weighted by atomic mass is 10.0. The van der Waals surface area contributed by atoms with Crippen molar-refractivity contribution in [2.24, 2.45) is 0 Å². The average Bonchev–Trinajstić information content (AvgIpc) is 3.29. The first-order valence-electron chi connectivity index (χ1n) is 10.7. The summed E-state index contributed by atoms with van der Waals surface area (Å²) < 4.78 is 29.5. The van der Waals surface area contributed by atoms with E-state index in [2.05, 4.69) is 33.7 Å². The number of nitrogens with one attached hydrogen (secondary N) is 1. The van der Waals surface area contributed by atoms with Gasteiger partial charge in [0.2, 0.25) is 10.0 Å². The maximum Gasteiger partial charge on any atom is 0.213 e. The van der Waals surface area contributed by atoms with Gasteiger partial charge in [-0.05, 0) is 61.3 Å². The van der Waals surface area contributed by atoms with Crippen molar-refractivity contribution in [1.29, 1.82) is 0 Å². The van der Waals surface area contributed by atoms with Crippen LogP contribution in [-0.2, 0) is 35.8 Å². The molecule has 10 heteroatoms. The van der Waals surface area contributed by atoms with E-state index >= 15 is 0 Å². The average molecular weight is 459 g/mol.